The third-order valence-corrected chi connectivity index (χ3v) is 3.44. The van der Waals surface area contributed by atoms with Gasteiger partial charge in [-0.25, -0.2) is 4.98 Å². The molecule has 1 N–H and O–H groups in total. The van der Waals surface area contributed by atoms with Crippen LogP contribution in [0.2, 0.25) is 0 Å². The van der Waals surface area contributed by atoms with Gasteiger partial charge in [-0.2, -0.15) is 0 Å². The standard InChI is InChI=1S/C14H19N3O/c1-17(10-13-3-2-8-18-13)9-12-5-4-11-6-7-15-14(11)16-12/h4-7,13H,2-3,8-10H2,1H3,(H,15,16). The molecule has 3 rings (SSSR count). The Kier molecular flexibility index (Phi) is 3.30. The minimum atomic E-state index is 0.407. The average molecular weight is 245 g/mol. The smallest absolute Gasteiger partial charge is 0.137 e. The molecule has 1 atom stereocenters. The number of hydrogen-bond donors (Lipinski definition) is 1. The SMILES string of the molecule is CN(Cc1ccc2cc[nH]c2n1)CC1CCCO1. The Balaban J connectivity index is 1.63. The van der Waals surface area contributed by atoms with Crippen molar-refractivity contribution in [2.24, 2.45) is 0 Å². The lowest BCUT2D eigenvalue weighted by Gasteiger charge is -2.19. The second-order valence-corrected chi connectivity index (χ2v) is 5.05. The van der Waals surface area contributed by atoms with Gasteiger partial charge in [0.2, 0.25) is 0 Å². The molecule has 0 amide bonds. The lowest BCUT2D eigenvalue weighted by molar-refractivity contribution is 0.0790. The highest BCUT2D eigenvalue weighted by Gasteiger charge is 2.17. The summed E-state index contributed by atoms with van der Waals surface area (Å²) in [6, 6.07) is 6.26. The molecule has 0 saturated carbocycles. The Morgan fingerprint density at radius 3 is 3.22 bits per heavy atom. The molecular formula is C14H19N3O. The molecule has 1 saturated heterocycles. The Hall–Kier alpha value is -1.39. The van der Waals surface area contributed by atoms with E-state index >= 15 is 0 Å². The molecule has 1 fully saturated rings. The second kappa shape index (κ2) is 5.08. The molecule has 2 aromatic rings. The summed E-state index contributed by atoms with van der Waals surface area (Å²) in [5.41, 5.74) is 2.07. The van der Waals surface area contributed by atoms with Crippen molar-refractivity contribution in [1.82, 2.24) is 14.9 Å². The Labute approximate surface area is 107 Å². The number of ether oxygens (including phenoxy) is 1. The number of nitrogens with one attached hydrogen (secondary N) is 1. The summed E-state index contributed by atoms with van der Waals surface area (Å²) in [6.45, 7) is 2.78. The largest absolute Gasteiger partial charge is 0.377 e. The van der Waals surface area contributed by atoms with Gasteiger partial charge in [0.25, 0.3) is 0 Å². The molecule has 1 unspecified atom stereocenters. The topological polar surface area (TPSA) is 41.2 Å². The summed E-state index contributed by atoms with van der Waals surface area (Å²) in [6.07, 6.45) is 4.72. The van der Waals surface area contributed by atoms with Gasteiger partial charge in [-0.05, 0) is 38.1 Å². The Bertz CT molecular complexity index is 516. The summed E-state index contributed by atoms with van der Waals surface area (Å²) < 4.78 is 5.65. The van der Waals surface area contributed by atoms with E-state index in [0.29, 0.717) is 6.10 Å². The predicted octanol–water partition coefficient (Wildman–Crippen LogP) is 2.17. The lowest BCUT2D eigenvalue weighted by Crippen LogP contribution is -2.28. The summed E-state index contributed by atoms with van der Waals surface area (Å²) in [4.78, 5) is 10.0. The van der Waals surface area contributed by atoms with Crippen LogP contribution in [0.3, 0.4) is 0 Å². The molecule has 96 valence electrons. The van der Waals surface area contributed by atoms with Gasteiger partial charge >= 0.3 is 0 Å². The van der Waals surface area contributed by atoms with Crippen molar-refractivity contribution in [3.05, 3.63) is 30.1 Å². The van der Waals surface area contributed by atoms with E-state index in [1.54, 1.807) is 0 Å². The molecule has 0 radical (unpaired) electrons. The zero-order valence-corrected chi connectivity index (χ0v) is 10.7. The number of aromatic nitrogens is 2. The maximum absolute atomic E-state index is 5.65. The van der Waals surface area contributed by atoms with Crippen molar-refractivity contribution in [3.63, 3.8) is 0 Å². The quantitative estimate of drug-likeness (QED) is 0.897. The van der Waals surface area contributed by atoms with Gasteiger partial charge in [-0.1, -0.05) is 0 Å². The number of H-pyrrole nitrogens is 1. The minimum absolute atomic E-state index is 0.407. The van der Waals surface area contributed by atoms with Crippen molar-refractivity contribution < 1.29 is 4.74 Å². The molecule has 1 aliphatic heterocycles. The molecule has 2 aromatic heterocycles. The number of hydrogen-bond acceptors (Lipinski definition) is 3. The molecular weight excluding hydrogens is 226 g/mol. The number of nitrogens with zero attached hydrogens (tertiary/aromatic N) is 2. The van der Waals surface area contributed by atoms with Gasteiger partial charge in [-0.15, -0.1) is 0 Å². The lowest BCUT2D eigenvalue weighted by atomic mass is 10.2. The van der Waals surface area contributed by atoms with Crippen LogP contribution in [-0.2, 0) is 11.3 Å². The Morgan fingerprint density at radius 1 is 1.44 bits per heavy atom. The highest BCUT2D eigenvalue weighted by molar-refractivity contribution is 5.75. The number of rotatable bonds is 4. The average Bonchev–Trinajstić information content (AvgIpc) is 2.98. The summed E-state index contributed by atoms with van der Waals surface area (Å²) in [7, 11) is 2.13. The first-order valence-electron chi connectivity index (χ1n) is 6.54. The molecule has 4 heteroatoms. The van der Waals surface area contributed by atoms with E-state index in [1.165, 1.54) is 18.2 Å². The highest BCUT2D eigenvalue weighted by Crippen LogP contribution is 2.15. The normalized spacial score (nSPS) is 20.0. The molecule has 4 nitrogen and oxygen atoms in total. The third kappa shape index (κ3) is 2.54. The van der Waals surface area contributed by atoms with Crippen LogP contribution in [0, 0.1) is 0 Å². The van der Waals surface area contributed by atoms with Gasteiger partial charge in [0.05, 0.1) is 11.8 Å². The van der Waals surface area contributed by atoms with E-state index in [-0.39, 0.29) is 0 Å². The van der Waals surface area contributed by atoms with E-state index in [1.807, 2.05) is 12.3 Å². The summed E-state index contributed by atoms with van der Waals surface area (Å²) >= 11 is 0. The van der Waals surface area contributed by atoms with E-state index < -0.39 is 0 Å². The van der Waals surface area contributed by atoms with Crippen LogP contribution in [0.15, 0.2) is 24.4 Å². The molecule has 3 heterocycles. The molecule has 0 spiro atoms. The van der Waals surface area contributed by atoms with Gasteiger partial charge in [0.1, 0.15) is 5.65 Å². The van der Waals surface area contributed by atoms with Crippen molar-refractivity contribution >= 4 is 11.0 Å². The number of pyridine rings is 1. The third-order valence-electron chi connectivity index (χ3n) is 3.44. The predicted molar refractivity (Wildman–Crippen MR) is 71.4 cm³/mol. The van der Waals surface area contributed by atoms with Crippen LogP contribution in [0.25, 0.3) is 11.0 Å². The van der Waals surface area contributed by atoms with Crippen LogP contribution in [0.1, 0.15) is 18.5 Å². The van der Waals surface area contributed by atoms with Crippen LogP contribution in [0.5, 0.6) is 0 Å². The summed E-state index contributed by atoms with van der Waals surface area (Å²) in [5, 5.41) is 1.17. The minimum Gasteiger partial charge on any atom is -0.377 e. The first-order valence-corrected chi connectivity index (χ1v) is 6.54. The van der Waals surface area contributed by atoms with Crippen molar-refractivity contribution in [1.29, 1.82) is 0 Å². The van der Waals surface area contributed by atoms with E-state index in [4.69, 9.17) is 4.74 Å². The number of likely N-dealkylation sites (N-methyl/N-ethyl adjacent to an activating group) is 1. The maximum atomic E-state index is 5.65. The van der Waals surface area contributed by atoms with E-state index in [0.717, 1.165) is 31.0 Å². The van der Waals surface area contributed by atoms with Gasteiger partial charge in [0.15, 0.2) is 0 Å². The van der Waals surface area contributed by atoms with Crippen LogP contribution in [-0.4, -0.2) is 41.2 Å². The maximum Gasteiger partial charge on any atom is 0.137 e. The van der Waals surface area contributed by atoms with Crippen LogP contribution >= 0.6 is 0 Å². The zero-order valence-electron chi connectivity index (χ0n) is 10.7. The fourth-order valence-corrected chi connectivity index (χ4v) is 2.54. The molecule has 1 aliphatic rings. The Morgan fingerprint density at radius 2 is 2.39 bits per heavy atom. The van der Waals surface area contributed by atoms with Crippen molar-refractivity contribution in [2.45, 2.75) is 25.5 Å². The first-order chi connectivity index (χ1) is 8.81. The molecule has 0 aliphatic carbocycles. The molecule has 18 heavy (non-hydrogen) atoms. The molecule has 0 bridgehead atoms. The molecule has 0 aromatic carbocycles. The van der Waals surface area contributed by atoms with Crippen molar-refractivity contribution in [3.8, 4) is 0 Å². The summed E-state index contributed by atoms with van der Waals surface area (Å²) in [5.74, 6) is 0. The zero-order chi connectivity index (χ0) is 12.4. The number of fused-ring (bicyclic) bond motifs is 1. The van der Waals surface area contributed by atoms with Crippen LogP contribution in [0.4, 0.5) is 0 Å². The van der Waals surface area contributed by atoms with Gasteiger partial charge < -0.3 is 9.72 Å². The van der Waals surface area contributed by atoms with Crippen molar-refractivity contribution in [2.75, 3.05) is 20.2 Å². The fourth-order valence-electron chi connectivity index (χ4n) is 2.54. The highest BCUT2D eigenvalue weighted by atomic mass is 16.5. The van der Waals surface area contributed by atoms with Gasteiger partial charge in [0, 0.05) is 31.3 Å². The fraction of sp³-hybridized carbons (Fsp3) is 0.500. The first kappa shape index (κ1) is 11.7. The van der Waals surface area contributed by atoms with Gasteiger partial charge in [-0.3, -0.25) is 4.90 Å². The second-order valence-electron chi connectivity index (χ2n) is 5.05. The monoisotopic (exact) mass is 245 g/mol. The van der Waals surface area contributed by atoms with E-state index in [2.05, 4.69) is 34.0 Å². The van der Waals surface area contributed by atoms with E-state index in [9.17, 15) is 0 Å². The number of aromatic amines is 1. The van der Waals surface area contributed by atoms with Crippen LogP contribution < -0.4 is 0 Å².